The number of azo groups is 1. The molecule has 112 valence electrons. The molecule has 0 saturated carbocycles. The maximum Gasteiger partial charge on any atom is 0.0652 e. The largest absolute Gasteiger partial charge is 0.198 e. The van der Waals surface area contributed by atoms with E-state index in [9.17, 15) is 0 Å². The van der Waals surface area contributed by atoms with Gasteiger partial charge in [0.2, 0.25) is 0 Å². The van der Waals surface area contributed by atoms with Crippen molar-refractivity contribution in [3.63, 3.8) is 0 Å². The van der Waals surface area contributed by atoms with Gasteiger partial charge in [-0.3, -0.25) is 0 Å². The molecule has 0 fully saturated rings. The number of nitriles is 2. The molecule has 0 N–H and O–H groups in total. The predicted molar refractivity (Wildman–Crippen MR) is 81.1 cm³/mol. The number of unbranched alkanes of at least 4 members (excludes halogenated alkanes) is 4. The summed E-state index contributed by atoms with van der Waals surface area (Å²) in [7, 11) is 0. The number of nitrogens with zero attached hydrogens (tertiary/aromatic N) is 4. The number of hydrogen-bond acceptors (Lipinski definition) is 4. The van der Waals surface area contributed by atoms with E-state index in [2.05, 4.69) is 22.4 Å². The molecule has 2 unspecified atom stereocenters. The Morgan fingerprint density at radius 1 is 0.700 bits per heavy atom. The summed E-state index contributed by atoms with van der Waals surface area (Å²) in [6, 6.07) is 4.50. The third kappa shape index (κ3) is 13.0. The van der Waals surface area contributed by atoms with Crippen LogP contribution in [0.25, 0.3) is 0 Å². The highest BCUT2D eigenvalue weighted by Crippen LogP contribution is 2.09. The Morgan fingerprint density at radius 3 is 1.45 bits per heavy atom. The van der Waals surface area contributed by atoms with Gasteiger partial charge in [-0.2, -0.15) is 20.8 Å². The minimum Gasteiger partial charge on any atom is -0.198 e. The van der Waals surface area contributed by atoms with E-state index in [1.807, 2.05) is 13.8 Å². The van der Waals surface area contributed by atoms with Gasteiger partial charge in [0.1, 0.15) is 0 Å². The van der Waals surface area contributed by atoms with E-state index in [1.54, 1.807) is 0 Å². The summed E-state index contributed by atoms with van der Waals surface area (Å²) in [5.74, 6) is 0.362. The van der Waals surface area contributed by atoms with Crippen LogP contribution in [0.3, 0.4) is 0 Å². The standard InChI is InChI=1S/C16H28N4/c1-15(13-17)9-5-3-7-11-19-20-12-8-4-6-10-16(2)14-18/h15-16H,3-12H2,1-2H3. The topological polar surface area (TPSA) is 72.3 Å². The van der Waals surface area contributed by atoms with Crippen LogP contribution in [0.4, 0.5) is 0 Å². The van der Waals surface area contributed by atoms with Crippen LogP contribution < -0.4 is 0 Å². The molecule has 0 amide bonds. The summed E-state index contributed by atoms with van der Waals surface area (Å²) in [4.78, 5) is 0. The molecule has 0 rings (SSSR count). The van der Waals surface area contributed by atoms with Crippen LogP contribution in [0.2, 0.25) is 0 Å². The highest BCUT2D eigenvalue weighted by atomic mass is 15.1. The third-order valence-corrected chi connectivity index (χ3v) is 3.33. The van der Waals surface area contributed by atoms with Gasteiger partial charge in [-0.1, -0.05) is 25.7 Å². The van der Waals surface area contributed by atoms with Crippen LogP contribution >= 0.6 is 0 Å². The lowest BCUT2D eigenvalue weighted by atomic mass is 10.1. The Balaban J connectivity index is 3.21. The highest BCUT2D eigenvalue weighted by molar-refractivity contribution is 4.78. The molecule has 0 heterocycles. The molecule has 0 aliphatic carbocycles. The van der Waals surface area contributed by atoms with Gasteiger partial charge in [0.05, 0.1) is 25.2 Å². The first-order valence-electron chi connectivity index (χ1n) is 7.83. The van der Waals surface area contributed by atoms with Crippen LogP contribution in [-0.4, -0.2) is 13.1 Å². The van der Waals surface area contributed by atoms with Crippen LogP contribution in [0.1, 0.15) is 65.2 Å². The molecule has 20 heavy (non-hydrogen) atoms. The third-order valence-electron chi connectivity index (χ3n) is 3.33. The normalized spacial score (nSPS) is 13.8. The SMILES string of the molecule is CC(C#N)CCCCCN=NCCCCCC(C)C#N. The molecule has 4 heteroatoms. The second-order valence-electron chi connectivity index (χ2n) is 5.49. The average Bonchev–Trinajstić information content (AvgIpc) is 2.47. The molecule has 0 bridgehead atoms. The molecule has 0 aromatic rings. The van der Waals surface area contributed by atoms with Crippen molar-refractivity contribution in [2.24, 2.45) is 22.1 Å². The van der Waals surface area contributed by atoms with Gasteiger partial charge < -0.3 is 0 Å². The van der Waals surface area contributed by atoms with Crippen molar-refractivity contribution in [1.29, 1.82) is 10.5 Å². The van der Waals surface area contributed by atoms with E-state index in [0.29, 0.717) is 0 Å². The second-order valence-corrected chi connectivity index (χ2v) is 5.49. The van der Waals surface area contributed by atoms with Crippen LogP contribution in [0, 0.1) is 34.5 Å². The first-order chi connectivity index (χ1) is 9.70. The van der Waals surface area contributed by atoms with Gasteiger partial charge >= 0.3 is 0 Å². The highest BCUT2D eigenvalue weighted by Gasteiger charge is 1.99. The molecule has 0 aliphatic heterocycles. The zero-order valence-electron chi connectivity index (χ0n) is 13.0. The van der Waals surface area contributed by atoms with Crippen molar-refractivity contribution in [2.45, 2.75) is 65.2 Å². The monoisotopic (exact) mass is 276 g/mol. The molecule has 0 aliphatic rings. The minimum absolute atomic E-state index is 0.181. The van der Waals surface area contributed by atoms with Gasteiger partial charge in [-0.15, -0.1) is 0 Å². The fraction of sp³-hybridized carbons (Fsp3) is 0.875. The van der Waals surface area contributed by atoms with Gasteiger partial charge in [-0.05, 0) is 39.5 Å². The lowest BCUT2D eigenvalue weighted by molar-refractivity contribution is 0.562. The van der Waals surface area contributed by atoms with Crippen molar-refractivity contribution in [3.8, 4) is 12.1 Å². The van der Waals surface area contributed by atoms with Crippen LogP contribution in [-0.2, 0) is 0 Å². The zero-order chi connectivity index (χ0) is 15.1. The van der Waals surface area contributed by atoms with Crippen molar-refractivity contribution in [1.82, 2.24) is 0 Å². The molecule has 0 saturated heterocycles. The summed E-state index contributed by atoms with van der Waals surface area (Å²) in [6.07, 6.45) is 8.63. The second kappa shape index (κ2) is 14.0. The molecule has 2 atom stereocenters. The van der Waals surface area contributed by atoms with Crippen molar-refractivity contribution in [2.75, 3.05) is 13.1 Å². The Hall–Kier alpha value is -1.42. The van der Waals surface area contributed by atoms with Crippen LogP contribution in [0.5, 0.6) is 0 Å². The molecule has 0 aromatic heterocycles. The van der Waals surface area contributed by atoms with E-state index in [0.717, 1.165) is 64.5 Å². The Bertz CT molecular complexity index is 292. The Labute approximate surface area is 123 Å². The summed E-state index contributed by atoms with van der Waals surface area (Å²) >= 11 is 0. The van der Waals surface area contributed by atoms with Gasteiger partial charge in [0.25, 0.3) is 0 Å². The summed E-state index contributed by atoms with van der Waals surface area (Å²) in [6.45, 7) is 5.56. The maximum atomic E-state index is 8.64. The fourth-order valence-electron chi connectivity index (χ4n) is 1.89. The number of rotatable bonds is 12. The molecular weight excluding hydrogens is 248 g/mol. The summed E-state index contributed by atoms with van der Waals surface area (Å²) < 4.78 is 0. The number of hydrogen-bond donors (Lipinski definition) is 0. The molecule has 0 spiro atoms. The smallest absolute Gasteiger partial charge is 0.0652 e. The first-order valence-corrected chi connectivity index (χ1v) is 7.83. The molecule has 0 aromatic carbocycles. The van der Waals surface area contributed by atoms with E-state index >= 15 is 0 Å². The van der Waals surface area contributed by atoms with E-state index in [-0.39, 0.29) is 11.8 Å². The molecular formula is C16H28N4. The predicted octanol–water partition coefficient (Wildman–Crippen LogP) is 4.88. The Kier molecular flexibility index (Phi) is 13.0. The fourth-order valence-corrected chi connectivity index (χ4v) is 1.89. The first kappa shape index (κ1) is 18.6. The average molecular weight is 276 g/mol. The quantitative estimate of drug-likeness (QED) is 0.376. The van der Waals surface area contributed by atoms with Gasteiger partial charge in [-0.25, -0.2) is 0 Å². The van der Waals surface area contributed by atoms with E-state index < -0.39 is 0 Å². The van der Waals surface area contributed by atoms with E-state index in [1.165, 1.54) is 0 Å². The van der Waals surface area contributed by atoms with E-state index in [4.69, 9.17) is 10.5 Å². The molecule has 0 radical (unpaired) electrons. The molecule has 4 nitrogen and oxygen atoms in total. The van der Waals surface area contributed by atoms with Gasteiger partial charge in [0.15, 0.2) is 0 Å². The Morgan fingerprint density at radius 2 is 1.10 bits per heavy atom. The summed E-state index contributed by atoms with van der Waals surface area (Å²) in [5, 5.41) is 25.6. The van der Waals surface area contributed by atoms with Gasteiger partial charge in [0, 0.05) is 11.8 Å². The summed E-state index contributed by atoms with van der Waals surface area (Å²) in [5.41, 5.74) is 0. The lowest BCUT2D eigenvalue weighted by Crippen LogP contribution is -1.91. The van der Waals surface area contributed by atoms with Crippen molar-refractivity contribution in [3.05, 3.63) is 0 Å². The van der Waals surface area contributed by atoms with Crippen molar-refractivity contribution < 1.29 is 0 Å². The van der Waals surface area contributed by atoms with Crippen LogP contribution in [0.15, 0.2) is 10.2 Å². The van der Waals surface area contributed by atoms with Crippen molar-refractivity contribution >= 4 is 0 Å². The minimum atomic E-state index is 0.181. The maximum absolute atomic E-state index is 8.64. The zero-order valence-corrected chi connectivity index (χ0v) is 13.0. The lowest BCUT2D eigenvalue weighted by Gasteiger charge is -2.01.